The SMILES string of the molecule is COC(=O)C1CC(Cl)=CC=C1Nc1ccc2[nH]ccc2c1. The highest BCUT2D eigenvalue weighted by molar-refractivity contribution is 6.30. The first-order valence-corrected chi connectivity index (χ1v) is 7.03. The average molecular weight is 303 g/mol. The number of H-pyrrole nitrogens is 1. The molecule has 21 heavy (non-hydrogen) atoms. The number of carbonyl (C=O) groups excluding carboxylic acids is 1. The van der Waals surface area contributed by atoms with Crippen LogP contribution in [0.15, 0.2) is 53.3 Å². The zero-order chi connectivity index (χ0) is 14.8. The van der Waals surface area contributed by atoms with Crippen molar-refractivity contribution in [2.75, 3.05) is 12.4 Å². The van der Waals surface area contributed by atoms with Crippen molar-refractivity contribution in [2.24, 2.45) is 5.92 Å². The molecule has 0 fully saturated rings. The minimum absolute atomic E-state index is 0.289. The molecule has 1 aliphatic rings. The molecule has 1 unspecified atom stereocenters. The lowest BCUT2D eigenvalue weighted by Gasteiger charge is -2.22. The number of aromatic amines is 1. The molecule has 1 heterocycles. The van der Waals surface area contributed by atoms with Crippen LogP contribution in [-0.2, 0) is 9.53 Å². The number of allylic oxidation sites excluding steroid dienone is 3. The van der Waals surface area contributed by atoms with Crippen LogP contribution in [0.5, 0.6) is 0 Å². The fourth-order valence-electron chi connectivity index (χ4n) is 2.45. The number of aromatic nitrogens is 1. The number of fused-ring (bicyclic) bond motifs is 1. The normalized spacial score (nSPS) is 18.1. The van der Waals surface area contributed by atoms with Gasteiger partial charge in [-0.15, -0.1) is 0 Å². The summed E-state index contributed by atoms with van der Waals surface area (Å²) < 4.78 is 4.85. The first kappa shape index (κ1) is 13.8. The van der Waals surface area contributed by atoms with Gasteiger partial charge >= 0.3 is 5.97 Å². The van der Waals surface area contributed by atoms with Crippen LogP contribution in [0.25, 0.3) is 10.9 Å². The Balaban J connectivity index is 1.88. The molecule has 2 aromatic rings. The Morgan fingerprint density at radius 3 is 3.05 bits per heavy atom. The number of anilines is 1. The van der Waals surface area contributed by atoms with E-state index in [2.05, 4.69) is 10.3 Å². The van der Waals surface area contributed by atoms with Crippen LogP contribution in [0.3, 0.4) is 0 Å². The summed E-state index contributed by atoms with van der Waals surface area (Å²) in [6, 6.07) is 8.00. The van der Waals surface area contributed by atoms with E-state index in [9.17, 15) is 4.79 Å². The van der Waals surface area contributed by atoms with Crippen molar-refractivity contribution in [1.82, 2.24) is 4.98 Å². The molecular weight excluding hydrogens is 288 g/mol. The second kappa shape index (κ2) is 5.66. The van der Waals surface area contributed by atoms with Crippen molar-refractivity contribution in [3.05, 3.63) is 53.3 Å². The van der Waals surface area contributed by atoms with Gasteiger partial charge in [-0.2, -0.15) is 0 Å². The standard InChI is InChI=1S/C16H15ClN2O2/c1-21-16(20)13-9-11(17)2-4-15(13)19-12-3-5-14-10(8-12)6-7-18-14/h2-8,13,18-19H,9H2,1H3. The molecule has 2 N–H and O–H groups in total. The third-order valence-electron chi connectivity index (χ3n) is 3.55. The Labute approximate surface area is 127 Å². The van der Waals surface area contributed by atoms with Crippen molar-refractivity contribution in [2.45, 2.75) is 6.42 Å². The third kappa shape index (κ3) is 2.81. The zero-order valence-electron chi connectivity index (χ0n) is 11.5. The Morgan fingerprint density at radius 2 is 2.24 bits per heavy atom. The number of nitrogens with one attached hydrogen (secondary N) is 2. The van der Waals surface area contributed by atoms with E-state index in [0.29, 0.717) is 11.5 Å². The van der Waals surface area contributed by atoms with Crippen LogP contribution in [0.1, 0.15) is 6.42 Å². The summed E-state index contributed by atoms with van der Waals surface area (Å²) in [5, 5.41) is 5.05. The highest BCUT2D eigenvalue weighted by atomic mass is 35.5. The van der Waals surface area contributed by atoms with Gasteiger partial charge in [0.1, 0.15) is 5.92 Å². The van der Waals surface area contributed by atoms with E-state index in [4.69, 9.17) is 16.3 Å². The molecule has 0 saturated carbocycles. The van der Waals surface area contributed by atoms with Gasteiger partial charge in [0.25, 0.3) is 0 Å². The molecule has 3 rings (SSSR count). The van der Waals surface area contributed by atoms with Gasteiger partial charge in [0.05, 0.1) is 7.11 Å². The molecule has 108 valence electrons. The summed E-state index contributed by atoms with van der Waals surface area (Å²) in [6.45, 7) is 0. The van der Waals surface area contributed by atoms with E-state index in [-0.39, 0.29) is 5.97 Å². The monoisotopic (exact) mass is 302 g/mol. The molecule has 0 saturated heterocycles. The zero-order valence-corrected chi connectivity index (χ0v) is 12.3. The predicted octanol–water partition coefficient (Wildman–Crippen LogP) is 3.78. The van der Waals surface area contributed by atoms with Gasteiger partial charge in [0, 0.05) is 39.9 Å². The van der Waals surface area contributed by atoms with E-state index >= 15 is 0 Å². The van der Waals surface area contributed by atoms with Gasteiger partial charge in [-0.05, 0) is 36.4 Å². The second-order valence-corrected chi connectivity index (χ2v) is 5.41. The molecule has 1 atom stereocenters. The number of methoxy groups -OCH3 is 1. The lowest BCUT2D eigenvalue weighted by molar-refractivity contribution is -0.144. The van der Waals surface area contributed by atoms with E-state index < -0.39 is 5.92 Å². The summed E-state index contributed by atoms with van der Waals surface area (Å²) in [5.74, 6) is -0.683. The van der Waals surface area contributed by atoms with Gasteiger partial charge < -0.3 is 15.0 Å². The largest absolute Gasteiger partial charge is 0.468 e. The van der Waals surface area contributed by atoms with Crippen molar-refractivity contribution in [1.29, 1.82) is 0 Å². The fourth-order valence-corrected chi connectivity index (χ4v) is 2.67. The van der Waals surface area contributed by atoms with Crippen LogP contribution in [0.2, 0.25) is 0 Å². The molecule has 1 aromatic carbocycles. The number of benzene rings is 1. The highest BCUT2D eigenvalue weighted by Gasteiger charge is 2.27. The summed E-state index contributed by atoms with van der Waals surface area (Å²) in [5.41, 5.74) is 2.79. The Hall–Kier alpha value is -2.20. The molecule has 5 heteroatoms. The summed E-state index contributed by atoms with van der Waals surface area (Å²) in [7, 11) is 1.39. The number of carbonyl (C=O) groups is 1. The first-order chi connectivity index (χ1) is 10.2. The Bertz CT molecular complexity index is 746. The van der Waals surface area contributed by atoms with Gasteiger partial charge in [-0.1, -0.05) is 11.6 Å². The maximum atomic E-state index is 11.9. The maximum Gasteiger partial charge on any atom is 0.315 e. The van der Waals surface area contributed by atoms with E-state index in [1.807, 2.05) is 36.5 Å². The first-order valence-electron chi connectivity index (χ1n) is 6.65. The summed E-state index contributed by atoms with van der Waals surface area (Å²) >= 11 is 6.02. The van der Waals surface area contributed by atoms with Gasteiger partial charge in [-0.3, -0.25) is 4.79 Å². The van der Waals surface area contributed by atoms with Crippen molar-refractivity contribution >= 4 is 34.2 Å². The molecule has 1 aromatic heterocycles. The van der Waals surface area contributed by atoms with E-state index in [1.165, 1.54) is 7.11 Å². The minimum Gasteiger partial charge on any atom is -0.468 e. The van der Waals surface area contributed by atoms with Crippen molar-refractivity contribution in [3.63, 3.8) is 0 Å². The quantitative estimate of drug-likeness (QED) is 0.848. The Kier molecular flexibility index (Phi) is 3.71. The minimum atomic E-state index is -0.394. The summed E-state index contributed by atoms with van der Waals surface area (Å²) in [4.78, 5) is 15.0. The number of hydrogen-bond acceptors (Lipinski definition) is 3. The number of halogens is 1. The average Bonchev–Trinajstić information content (AvgIpc) is 2.96. The highest BCUT2D eigenvalue weighted by Crippen LogP contribution is 2.30. The van der Waals surface area contributed by atoms with E-state index in [1.54, 1.807) is 6.08 Å². The van der Waals surface area contributed by atoms with Crippen LogP contribution in [0, 0.1) is 5.92 Å². The molecule has 0 amide bonds. The third-order valence-corrected chi connectivity index (χ3v) is 3.83. The number of esters is 1. The molecule has 0 spiro atoms. The maximum absolute atomic E-state index is 11.9. The molecule has 4 nitrogen and oxygen atoms in total. The predicted molar refractivity (Wildman–Crippen MR) is 84.1 cm³/mol. The fraction of sp³-hybridized carbons (Fsp3) is 0.188. The number of hydrogen-bond donors (Lipinski definition) is 2. The lowest BCUT2D eigenvalue weighted by atomic mass is 9.96. The second-order valence-electron chi connectivity index (χ2n) is 4.92. The van der Waals surface area contributed by atoms with Crippen molar-refractivity contribution in [3.8, 4) is 0 Å². The number of rotatable bonds is 3. The number of ether oxygens (including phenoxy) is 1. The van der Waals surface area contributed by atoms with Gasteiger partial charge in [0.15, 0.2) is 0 Å². The molecule has 0 aliphatic heterocycles. The summed E-state index contributed by atoms with van der Waals surface area (Å²) in [6.07, 6.45) is 5.99. The smallest absolute Gasteiger partial charge is 0.315 e. The van der Waals surface area contributed by atoms with Crippen molar-refractivity contribution < 1.29 is 9.53 Å². The van der Waals surface area contributed by atoms with Crippen LogP contribution >= 0.6 is 11.6 Å². The molecule has 0 bridgehead atoms. The van der Waals surface area contributed by atoms with Crippen LogP contribution in [-0.4, -0.2) is 18.1 Å². The van der Waals surface area contributed by atoms with Gasteiger partial charge in [-0.25, -0.2) is 0 Å². The van der Waals surface area contributed by atoms with Gasteiger partial charge in [0.2, 0.25) is 0 Å². The lowest BCUT2D eigenvalue weighted by Crippen LogP contribution is -2.24. The molecule has 1 aliphatic carbocycles. The topological polar surface area (TPSA) is 54.1 Å². The molecular formula is C16H15ClN2O2. The Morgan fingerprint density at radius 1 is 1.38 bits per heavy atom. The van der Waals surface area contributed by atoms with Crippen LogP contribution < -0.4 is 5.32 Å². The van der Waals surface area contributed by atoms with Crippen LogP contribution in [0.4, 0.5) is 5.69 Å². The van der Waals surface area contributed by atoms with E-state index in [0.717, 1.165) is 22.3 Å². The molecule has 0 radical (unpaired) electrons.